The first-order chi connectivity index (χ1) is 12.8. The normalized spacial score (nSPS) is 16.7. The maximum absolute atomic E-state index is 13.1. The molecule has 0 bridgehead atoms. The fourth-order valence-electron chi connectivity index (χ4n) is 3.75. The number of carbonyl (C=O) groups is 1. The lowest BCUT2D eigenvalue weighted by Crippen LogP contribution is -2.29. The zero-order valence-electron chi connectivity index (χ0n) is 16.5. The Labute approximate surface area is 160 Å². The van der Waals surface area contributed by atoms with E-state index in [9.17, 15) is 4.79 Å². The first-order valence-electron chi connectivity index (χ1n) is 9.33. The molecule has 3 aromatic rings. The van der Waals surface area contributed by atoms with Crippen molar-refractivity contribution < 1.29 is 4.79 Å². The molecule has 0 saturated carbocycles. The van der Waals surface area contributed by atoms with Crippen LogP contribution in [0.15, 0.2) is 48.5 Å². The lowest BCUT2D eigenvalue weighted by molar-refractivity contribution is 0.0988. The van der Waals surface area contributed by atoms with Gasteiger partial charge in [0.2, 0.25) is 0 Å². The summed E-state index contributed by atoms with van der Waals surface area (Å²) in [6.45, 7) is 10.6. The van der Waals surface area contributed by atoms with E-state index >= 15 is 0 Å². The minimum absolute atomic E-state index is 0.0527. The molecule has 1 amide bonds. The number of H-pyrrole nitrogens is 1. The number of aryl methyl sites for hydroxylation is 2. The van der Waals surface area contributed by atoms with Gasteiger partial charge in [0.1, 0.15) is 0 Å². The highest BCUT2D eigenvalue weighted by atomic mass is 16.2. The van der Waals surface area contributed by atoms with E-state index in [-0.39, 0.29) is 17.4 Å². The summed E-state index contributed by atoms with van der Waals surface area (Å²) in [6, 6.07) is 16.5. The Morgan fingerprint density at radius 1 is 0.963 bits per heavy atom. The molecule has 1 aliphatic rings. The van der Waals surface area contributed by atoms with Crippen LogP contribution in [0.3, 0.4) is 0 Å². The van der Waals surface area contributed by atoms with E-state index in [1.807, 2.05) is 43.0 Å². The molecule has 1 aliphatic heterocycles. The van der Waals surface area contributed by atoms with Gasteiger partial charge in [0.05, 0.1) is 6.04 Å². The van der Waals surface area contributed by atoms with Crippen LogP contribution < -0.4 is 4.90 Å². The predicted molar refractivity (Wildman–Crippen MR) is 108 cm³/mol. The van der Waals surface area contributed by atoms with Gasteiger partial charge in [-0.2, -0.15) is 5.10 Å². The topological polar surface area (TPSA) is 49.0 Å². The van der Waals surface area contributed by atoms with Crippen molar-refractivity contribution in [3.63, 3.8) is 0 Å². The number of aromatic nitrogens is 2. The average Bonchev–Trinajstić information content (AvgIpc) is 3.14. The molecule has 1 atom stereocenters. The third-order valence-corrected chi connectivity index (χ3v) is 5.35. The molecule has 1 aromatic heterocycles. The fourth-order valence-corrected chi connectivity index (χ4v) is 3.75. The molecule has 4 heteroatoms. The molecule has 27 heavy (non-hydrogen) atoms. The number of anilines is 1. The summed E-state index contributed by atoms with van der Waals surface area (Å²) in [5.74, 6) is -0.0527. The van der Waals surface area contributed by atoms with Crippen molar-refractivity contribution in [3.8, 4) is 0 Å². The van der Waals surface area contributed by atoms with Gasteiger partial charge < -0.3 is 0 Å². The molecular weight excluding hydrogens is 334 g/mol. The molecule has 0 aliphatic carbocycles. The molecule has 2 aromatic carbocycles. The van der Waals surface area contributed by atoms with Gasteiger partial charge in [0.25, 0.3) is 5.91 Å². The summed E-state index contributed by atoms with van der Waals surface area (Å²) in [6.07, 6.45) is 0. The Bertz CT molecular complexity index is 992. The second kappa shape index (κ2) is 6.08. The van der Waals surface area contributed by atoms with Crippen molar-refractivity contribution in [2.24, 2.45) is 0 Å². The van der Waals surface area contributed by atoms with Crippen LogP contribution in [0.2, 0.25) is 0 Å². The van der Waals surface area contributed by atoms with Crippen molar-refractivity contribution in [3.05, 3.63) is 82.2 Å². The average molecular weight is 359 g/mol. The van der Waals surface area contributed by atoms with E-state index in [1.165, 1.54) is 11.1 Å². The molecule has 0 unspecified atom stereocenters. The van der Waals surface area contributed by atoms with Gasteiger partial charge in [-0.3, -0.25) is 14.8 Å². The van der Waals surface area contributed by atoms with E-state index in [1.54, 1.807) is 0 Å². The summed E-state index contributed by atoms with van der Waals surface area (Å²) >= 11 is 0. The first kappa shape index (κ1) is 17.5. The second-order valence-electron chi connectivity index (χ2n) is 8.40. The smallest absolute Gasteiger partial charge is 0.279 e. The van der Waals surface area contributed by atoms with Crippen molar-refractivity contribution in [1.29, 1.82) is 0 Å². The van der Waals surface area contributed by atoms with Crippen LogP contribution in [-0.4, -0.2) is 16.1 Å². The van der Waals surface area contributed by atoms with E-state index in [0.717, 1.165) is 22.5 Å². The minimum atomic E-state index is -0.164. The van der Waals surface area contributed by atoms with Gasteiger partial charge in [-0.1, -0.05) is 62.7 Å². The fraction of sp³-hybridized carbons (Fsp3) is 0.304. The summed E-state index contributed by atoms with van der Waals surface area (Å²) in [7, 11) is 0. The Kier molecular flexibility index (Phi) is 3.95. The van der Waals surface area contributed by atoms with Crippen molar-refractivity contribution in [2.45, 2.75) is 46.1 Å². The number of rotatable bonds is 2. The van der Waals surface area contributed by atoms with E-state index < -0.39 is 0 Å². The van der Waals surface area contributed by atoms with Crippen molar-refractivity contribution >= 4 is 11.6 Å². The Morgan fingerprint density at radius 3 is 2.19 bits per heavy atom. The SMILES string of the molecule is Cc1ccc(N2C(=O)c3n[nH]c(C)c3[C@H]2c2ccc(C(C)(C)C)cc2)cc1. The quantitative estimate of drug-likeness (QED) is 0.694. The van der Waals surface area contributed by atoms with E-state index in [4.69, 9.17) is 0 Å². The number of nitrogens with one attached hydrogen (secondary N) is 1. The molecular formula is C23H25N3O. The summed E-state index contributed by atoms with van der Waals surface area (Å²) in [5.41, 5.74) is 6.98. The van der Waals surface area contributed by atoms with Gasteiger partial charge in [0, 0.05) is 16.9 Å². The number of hydrogen-bond acceptors (Lipinski definition) is 2. The molecule has 1 N–H and O–H groups in total. The van der Waals surface area contributed by atoms with Crippen LogP contribution >= 0.6 is 0 Å². The highest BCUT2D eigenvalue weighted by molar-refractivity contribution is 6.10. The first-order valence-corrected chi connectivity index (χ1v) is 9.33. The molecule has 0 saturated heterocycles. The Balaban J connectivity index is 1.84. The molecule has 2 heterocycles. The largest absolute Gasteiger partial charge is 0.295 e. The number of fused-ring (bicyclic) bond motifs is 1. The van der Waals surface area contributed by atoms with Crippen LogP contribution in [0.25, 0.3) is 0 Å². The second-order valence-corrected chi connectivity index (χ2v) is 8.40. The van der Waals surface area contributed by atoms with Crippen molar-refractivity contribution in [1.82, 2.24) is 10.2 Å². The minimum Gasteiger partial charge on any atom is -0.295 e. The lowest BCUT2D eigenvalue weighted by Gasteiger charge is -2.27. The van der Waals surface area contributed by atoms with E-state index in [2.05, 4.69) is 55.2 Å². The third-order valence-electron chi connectivity index (χ3n) is 5.35. The highest BCUT2D eigenvalue weighted by Gasteiger charge is 2.42. The van der Waals surface area contributed by atoms with Gasteiger partial charge in [-0.05, 0) is 42.5 Å². The monoisotopic (exact) mass is 359 g/mol. The number of carbonyl (C=O) groups excluding carboxylic acids is 1. The van der Waals surface area contributed by atoms with Gasteiger partial charge in [-0.15, -0.1) is 0 Å². The molecule has 0 fully saturated rings. The van der Waals surface area contributed by atoms with Gasteiger partial charge in [0.15, 0.2) is 5.69 Å². The summed E-state index contributed by atoms with van der Waals surface area (Å²) < 4.78 is 0. The zero-order chi connectivity index (χ0) is 19.3. The molecule has 4 rings (SSSR count). The van der Waals surface area contributed by atoms with E-state index in [0.29, 0.717) is 5.69 Å². The third kappa shape index (κ3) is 2.85. The van der Waals surface area contributed by atoms with Crippen LogP contribution in [0.1, 0.15) is 65.2 Å². The van der Waals surface area contributed by atoms with Crippen LogP contribution in [0.4, 0.5) is 5.69 Å². The summed E-state index contributed by atoms with van der Waals surface area (Å²) in [4.78, 5) is 15.0. The summed E-state index contributed by atoms with van der Waals surface area (Å²) in [5, 5.41) is 7.28. The molecule has 4 nitrogen and oxygen atoms in total. The highest BCUT2D eigenvalue weighted by Crippen LogP contribution is 2.42. The van der Waals surface area contributed by atoms with Crippen molar-refractivity contribution in [2.75, 3.05) is 4.90 Å². The number of hydrogen-bond donors (Lipinski definition) is 1. The van der Waals surface area contributed by atoms with Crippen LogP contribution in [-0.2, 0) is 5.41 Å². The Morgan fingerprint density at radius 2 is 1.59 bits per heavy atom. The number of aromatic amines is 1. The lowest BCUT2D eigenvalue weighted by atomic mass is 9.86. The number of amides is 1. The molecule has 0 spiro atoms. The maximum Gasteiger partial charge on any atom is 0.279 e. The zero-order valence-corrected chi connectivity index (χ0v) is 16.5. The van der Waals surface area contributed by atoms with Gasteiger partial charge >= 0.3 is 0 Å². The molecule has 0 radical (unpaired) electrons. The molecule has 138 valence electrons. The van der Waals surface area contributed by atoms with Crippen LogP contribution in [0.5, 0.6) is 0 Å². The number of benzene rings is 2. The predicted octanol–water partition coefficient (Wildman–Crippen LogP) is 5.07. The number of nitrogens with zero attached hydrogens (tertiary/aromatic N) is 2. The standard InChI is InChI=1S/C23H25N3O/c1-14-6-12-18(13-7-14)26-21(19-15(2)24-25-20(19)22(26)27)16-8-10-17(11-9-16)23(3,4)5/h6-13,21H,1-5H3,(H,24,25)/t21-/m1/s1. The van der Waals surface area contributed by atoms with Crippen LogP contribution in [0, 0.1) is 13.8 Å². The van der Waals surface area contributed by atoms with Gasteiger partial charge in [-0.25, -0.2) is 0 Å². The Hall–Kier alpha value is -2.88. The maximum atomic E-state index is 13.1.